The monoisotopic (exact) mass is 382 g/mol. The molecular weight excluding hydrogens is 364 g/mol. The predicted molar refractivity (Wildman–Crippen MR) is 105 cm³/mol. The Bertz CT molecular complexity index is 1080. The molecule has 0 fully saturated rings. The highest BCUT2D eigenvalue weighted by molar-refractivity contribution is 8.00. The second-order valence-corrected chi connectivity index (χ2v) is 7.02. The molecule has 3 rings (SSSR count). The zero-order valence-electron chi connectivity index (χ0n) is 14.8. The van der Waals surface area contributed by atoms with Gasteiger partial charge < -0.3 is 0 Å². The van der Waals surface area contributed by atoms with Crippen molar-refractivity contribution in [2.24, 2.45) is 0 Å². The molecule has 0 aliphatic carbocycles. The zero-order valence-corrected chi connectivity index (χ0v) is 15.6. The van der Waals surface area contributed by atoms with Crippen LogP contribution in [-0.2, 0) is 4.79 Å². The van der Waals surface area contributed by atoms with Gasteiger partial charge in [-0.3, -0.25) is 25.2 Å². The minimum atomic E-state index is -0.604. The van der Waals surface area contributed by atoms with Gasteiger partial charge in [0.15, 0.2) is 5.69 Å². The van der Waals surface area contributed by atoms with Gasteiger partial charge in [0.25, 0.3) is 11.5 Å². The SMILES string of the molecule is Cc1ccc(SCC(=O)NNC(=O)c2n[nH]c(=O)c3ccccc23)c(C)c1. The summed E-state index contributed by atoms with van der Waals surface area (Å²) in [5.41, 5.74) is 6.62. The Labute approximate surface area is 159 Å². The van der Waals surface area contributed by atoms with Crippen LogP contribution in [0.4, 0.5) is 0 Å². The van der Waals surface area contributed by atoms with E-state index in [1.807, 2.05) is 26.0 Å². The largest absolute Gasteiger partial charge is 0.290 e. The highest BCUT2D eigenvalue weighted by atomic mass is 32.2. The van der Waals surface area contributed by atoms with Gasteiger partial charge in [0.05, 0.1) is 11.1 Å². The number of aryl methyl sites for hydroxylation is 2. The van der Waals surface area contributed by atoms with Gasteiger partial charge in [-0.05, 0) is 31.5 Å². The van der Waals surface area contributed by atoms with Crippen molar-refractivity contribution >= 4 is 34.3 Å². The van der Waals surface area contributed by atoms with Gasteiger partial charge in [-0.2, -0.15) is 5.10 Å². The molecule has 0 aliphatic heterocycles. The molecule has 1 heterocycles. The predicted octanol–water partition coefficient (Wildman–Crippen LogP) is 2.09. The number of nitrogens with one attached hydrogen (secondary N) is 3. The Kier molecular flexibility index (Phi) is 5.56. The molecule has 0 bridgehead atoms. The summed E-state index contributed by atoms with van der Waals surface area (Å²) in [6, 6.07) is 12.6. The van der Waals surface area contributed by atoms with E-state index >= 15 is 0 Å². The normalized spacial score (nSPS) is 10.6. The summed E-state index contributed by atoms with van der Waals surface area (Å²) < 4.78 is 0. The van der Waals surface area contributed by atoms with E-state index in [1.165, 1.54) is 11.8 Å². The van der Waals surface area contributed by atoms with Crippen LogP contribution in [0.2, 0.25) is 0 Å². The molecule has 2 amide bonds. The molecule has 3 aromatic rings. The standard InChI is InChI=1S/C19H18N4O3S/c1-11-7-8-15(12(2)9-11)27-10-16(24)20-23-19(26)17-13-5-3-4-6-14(13)18(25)22-21-17/h3-9H,10H2,1-2H3,(H,20,24)(H,22,25)(H,23,26). The smallest absolute Gasteiger partial charge is 0.272 e. The summed E-state index contributed by atoms with van der Waals surface area (Å²) in [6.07, 6.45) is 0. The van der Waals surface area contributed by atoms with E-state index in [2.05, 4.69) is 27.1 Å². The van der Waals surface area contributed by atoms with Crippen molar-refractivity contribution in [3.8, 4) is 0 Å². The Morgan fingerprint density at radius 3 is 2.56 bits per heavy atom. The highest BCUT2D eigenvalue weighted by Crippen LogP contribution is 2.22. The van der Waals surface area contributed by atoms with Crippen LogP contribution >= 0.6 is 11.8 Å². The van der Waals surface area contributed by atoms with E-state index < -0.39 is 5.91 Å². The summed E-state index contributed by atoms with van der Waals surface area (Å²) in [7, 11) is 0. The molecule has 2 aromatic carbocycles. The molecule has 0 radical (unpaired) electrons. The van der Waals surface area contributed by atoms with Crippen LogP contribution in [0.5, 0.6) is 0 Å². The van der Waals surface area contributed by atoms with Crippen LogP contribution in [0.25, 0.3) is 10.8 Å². The number of H-pyrrole nitrogens is 1. The Balaban J connectivity index is 1.61. The molecule has 0 atom stereocenters. The Morgan fingerprint density at radius 1 is 1.07 bits per heavy atom. The number of hydrogen-bond acceptors (Lipinski definition) is 5. The molecule has 1 aromatic heterocycles. The van der Waals surface area contributed by atoms with Crippen molar-refractivity contribution in [3.63, 3.8) is 0 Å². The van der Waals surface area contributed by atoms with E-state index in [0.717, 1.165) is 16.0 Å². The second-order valence-electron chi connectivity index (χ2n) is 6.01. The third-order valence-electron chi connectivity index (χ3n) is 3.92. The van der Waals surface area contributed by atoms with Crippen LogP contribution in [0.1, 0.15) is 21.6 Å². The van der Waals surface area contributed by atoms with Crippen molar-refractivity contribution in [3.05, 3.63) is 69.6 Å². The number of hydrazine groups is 1. The number of thioether (sulfide) groups is 1. The number of aromatic nitrogens is 2. The maximum Gasteiger partial charge on any atom is 0.290 e. The first kappa shape index (κ1) is 18.7. The molecular formula is C19H18N4O3S. The fraction of sp³-hybridized carbons (Fsp3) is 0.158. The van der Waals surface area contributed by atoms with Gasteiger partial charge in [0.1, 0.15) is 0 Å². The number of nitrogens with zero attached hydrogens (tertiary/aromatic N) is 1. The fourth-order valence-electron chi connectivity index (χ4n) is 2.61. The number of rotatable bonds is 4. The number of hydrogen-bond donors (Lipinski definition) is 3. The van der Waals surface area contributed by atoms with E-state index in [-0.39, 0.29) is 22.9 Å². The van der Waals surface area contributed by atoms with Crippen molar-refractivity contribution in [1.29, 1.82) is 0 Å². The minimum absolute atomic E-state index is 0.0348. The van der Waals surface area contributed by atoms with Crippen molar-refractivity contribution in [1.82, 2.24) is 21.0 Å². The molecule has 0 saturated carbocycles. The van der Waals surface area contributed by atoms with E-state index in [0.29, 0.717) is 10.8 Å². The van der Waals surface area contributed by atoms with Gasteiger partial charge in [0.2, 0.25) is 5.91 Å². The molecule has 27 heavy (non-hydrogen) atoms. The summed E-state index contributed by atoms with van der Waals surface area (Å²) in [5.74, 6) is -0.793. The lowest BCUT2D eigenvalue weighted by Gasteiger charge is -2.09. The zero-order chi connectivity index (χ0) is 19.4. The summed E-state index contributed by atoms with van der Waals surface area (Å²) in [4.78, 5) is 37.1. The quantitative estimate of drug-likeness (QED) is 0.473. The first-order valence-electron chi connectivity index (χ1n) is 8.22. The van der Waals surface area contributed by atoms with E-state index in [9.17, 15) is 14.4 Å². The topological polar surface area (TPSA) is 104 Å². The molecule has 138 valence electrons. The van der Waals surface area contributed by atoms with Crippen molar-refractivity contribution < 1.29 is 9.59 Å². The maximum atomic E-state index is 12.3. The van der Waals surface area contributed by atoms with E-state index in [4.69, 9.17) is 0 Å². The minimum Gasteiger partial charge on any atom is -0.272 e. The molecule has 7 nitrogen and oxygen atoms in total. The third kappa shape index (κ3) is 4.35. The fourth-order valence-corrected chi connectivity index (χ4v) is 3.42. The average Bonchev–Trinajstić information content (AvgIpc) is 2.66. The summed E-state index contributed by atoms with van der Waals surface area (Å²) in [6.45, 7) is 4.00. The maximum absolute atomic E-state index is 12.3. The van der Waals surface area contributed by atoms with Crippen LogP contribution < -0.4 is 16.4 Å². The summed E-state index contributed by atoms with van der Waals surface area (Å²) in [5, 5.41) is 6.85. The third-order valence-corrected chi connectivity index (χ3v) is 5.09. The highest BCUT2D eigenvalue weighted by Gasteiger charge is 2.14. The number of amides is 2. The Morgan fingerprint density at radius 2 is 1.81 bits per heavy atom. The van der Waals surface area contributed by atoms with Gasteiger partial charge in [-0.25, -0.2) is 5.10 Å². The second kappa shape index (κ2) is 8.05. The number of carbonyl (C=O) groups is 2. The number of aromatic amines is 1. The molecule has 0 unspecified atom stereocenters. The molecule has 0 aliphatic rings. The molecule has 0 saturated heterocycles. The molecule has 8 heteroatoms. The van der Waals surface area contributed by atoms with Gasteiger partial charge in [-0.1, -0.05) is 35.9 Å². The average molecular weight is 382 g/mol. The number of benzene rings is 2. The molecule has 0 spiro atoms. The van der Waals surface area contributed by atoms with Gasteiger partial charge >= 0.3 is 0 Å². The lowest BCUT2D eigenvalue weighted by Crippen LogP contribution is -2.43. The molecule has 3 N–H and O–H groups in total. The number of fused-ring (bicyclic) bond motifs is 1. The summed E-state index contributed by atoms with van der Waals surface area (Å²) >= 11 is 1.39. The van der Waals surface area contributed by atoms with Crippen molar-refractivity contribution in [2.75, 3.05) is 5.75 Å². The van der Waals surface area contributed by atoms with Crippen LogP contribution in [0.15, 0.2) is 52.2 Å². The van der Waals surface area contributed by atoms with Crippen LogP contribution in [0.3, 0.4) is 0 Å². The first-order chi connectivity index (χ1) is 13.0. The lowest BCUT2D eigenvalue weighted by atomic mass is 10.1. The Hall–Kier alpha value is -3.13. The number of carbonyl (C=O) groups excluding carboxylic acids is 2. The van der Waals surface area contributed by atoms with Gasteiger partial charge in [0, 0.05) is 10.3 Å². The first-order valence-corrected chi connectivity index (χ1v) is 9.21. The lowest BCUT2D eigenvalue weighted by molar-refractivity contribution is -0.119. The van der Waals surface area contributed by atoms with Crippen LogP contribution in [0, 0.1) is 13.8 Å². The van der Waals surface area contributed by atoms with Gasteiger partial charge in [-0.15, -0.1) is 11.8 Å². The van der Waals surface area contributed by atoms with Crippen molar-refractivity contribution in [2.45, 2.75) is 18.7 Å². The van der Waals surface area contributed by atoms with E-state index in [1.54, 1.807) is 24.3 Å². The van der Waals surface area contributed by atoms with Crippen LogP contribution in [-0.4, -0.2) is 27.8 Å².